The standard InChI is InChI=1S/C24H18N2O2/c27-24(21-14-13-19-8-4-5-9-20(19)16-21)26-25-17-18-7-6-12-23(15-18)28-22-10-2-1-3-11-22/h1-17H,(H,26,27)/b25-17-. The van der Waals surface area contributed by atoms with Crippen molar-refractivity contribution in [2.75, 3.05) is 0 Å². The van der Waals surface area contributed by atoms with E-state index in [4.69, 9.17) is 4.74 Å². The summed E-state index contributed by atoms with van der Waals surface area (Å²) in [5.41, 5.74) is 3.96. The van der Waals surface area contributed by atoms with Gasteiger partial charge in [-0.1, -0.05) is 60.7 Å². The number of hydrogen-bond donors (Lipinski definition) is 1. The summed E-state index contributed by atoms with van der Waals surface area (Å²) in [7, 11) is 0. The Balaban J connectivity index is 1.42. The zero-order chi connectivity index (χ0) is 19.2. The van der Waals surface area contributed by atoms with Gasteiger partial charge in [0.25, 0.3) is 5.91 Å². The van der Waals surface area contributed by atoms with Crippen molar-refractivity contribution >= 4 is 22.9 Å². The van der Waals surface area contributed by atoms with E-state index in [0.717, 1.165) is 22.1 Å². The fourth-order valence-electron chi connectivity index (χ4n) is 2.84. The molecule has 4 nitrogen and oxygen atoms in total. The Morgan fingerprint density at radius 3 is 2.36 bits per heavy atom. The number of rotatable bonds is 5. The van der Waals surface area contributed by atoms with E-state index >= 15 is 0 Å². The fraction of sp³-hybridized carbons (Fsp3) is 0. The molecule has 0 saturated heterocycles. The minimum Gasteiger partial charge on any atom is -0.457 e. The number of amides is 1. The summed E-state index contributed by atoms with van der Waals surface area (Å²) in [6.45, 7) is 0. The Kier molecular flexibility index (Phi) is 5.11. The summed E-state index contributed by atoms with van der Waals surface area (Å²) in [5, 5.41) is 6.18. The van der Waals surface area contributed by atoms with Gasteiger partial charge in [-0.15, -0.1) is 0 Å². The molecule has 0 atom stereocenters. The van der Waals surface area contributed by atoms with Crippen LogP contribution in [0.25, 0.3) is 10.8 Å². The van der Waals surface area contributed by atoms with E-state index in [2.05, 4.69) is 10.5 Å². The normalized spacial score (nSPS) is 10.9. The molecule has 0 fully saturated rings. The zero-order valence-electron chi connectivity index (χ0n) is 15.1. The summed E-state index contributed by atoms with van der Waals surface area (Å²) < 4.78 is 5.81. The molecular weight excluding hydrogens is 348 g/mol. The number of fused-ring (bicyclic) bond motifs is 1. The number of ether oxygens (including phenoxy) is 1. The summed E-state index contributed by atoms with van der Waals surface area (Å²) in [6.07, 6.45) is 1.59. The van der Waals surface area contributed by atoms with E-state index in [1.807, 2.05) is 91.0 Å². The lowest BCUT2D eigenvalue weighted by Gasteiger charge is -2.06. The molecule has 0 spiro atoms. The minimum atomic E-state index is -0.251. The van der Waals surface area contributed by atoms with Crippen molar-refractivity contribution in [2.24, 2.45) is 5.10 Å². The molecule has 0 radical (unpaired) electrons. The number of carbonyl (C=O) groups is 1. The van der Waals surface area contributed by atoms with Crippen LogP contribution in [0.5, 0.6) is 11.5 Å². The first-order chi connectivity index (χ1) is 13.8. The average molecular weight is 366 g/mol. The molecule has 0 heterocycles. The number of hydrogen-bond acceptors (Lipinski definition) is 3. The van der Waals surface area contributed by atoms with E-state index in [9.17, 15) is 4.79 Å². The van der Waals surface area contributed by atoms with Gasteiger partial charge < -0.3 is 4.74 Å². The molecule has 4 rings (SSSR count). The van der Waals surface area contributed by atoms with Gasteiger partial charge in [-0.2, -0.15) is 5.10 Å². The lowest BCUT2D eigenvalue weighted by Crippen LogP contribution is -2.17. The monoisotopic (exact) mass is 366 g/mol. The van der Waals surface area contributed by atoms with Crippen LogP contribution in [-0.4, -0.2) is 12.1 Å². The van der Waals surface area contributed by atoms with Gasteiger partial charge in [-0.05, 0) is 52.7 Å². The van der Waals surface area contributed by atoms with Gasteiger partial charge in [0.05, 0.1) is 6.21 Å². The molecule has 0 aliphatic heterocycles. The predicted octanol–water partition coefficient (Wildman–Crippen LogP) is 5.40. The van der Waals surface area contributed by atoms with Gasteiger partial charge in [0.15, 0.2) is 0 Å². The highest BCUT2D eigenvalue weighted by Crippen LogP contribution is 2.21. The zero-order valence-corrected chi connectivity index (χ0v) is 15.1. The summed E-state index contributed by atoms with van der Waals surface area (Å²) in [5.74, 6) is 1.22. The Morgan fingerprint density at radius 2 is 1.50 bits per heavy atom. The fourth-order valence-corrected chi connectivity index (χ4v) is 2.84. The summed E-state index contributed by atoms with van der Waals surface area (Å²) in [6, 6.07) is 30.6. The molecule has 0 aliphatic carbocycles. The highest BCUT2D eigenvalue weighted by atomic mass is 16.5. The Morgan fingerprint density at radius 1 is 0.750 bits per heavy atom. The van der Waals surface area contributed by atoms with E-state index in [1.165, 1.54) is 0 Å². The molecule has 4 aromatic rings. The lowest BCUT2D eigenvalue weighted by atomic mass is 10.1. The number of benzene rings is 4. The van der Waals surface area contributed by atoms with Crippen LogP contribution in [0.3, 0.4) is 0 Å². The van der Waals surface area contributed by atoms with Crippen molar-refractivity contribution in [1.29, 1.82) is 0 Å². The van der Waals surface area contributed by atoms with Gasteiger partial charge in [-0.3, -0.25) is 4.79 Å². The maximum absolute atomic E-state index is 12.3. The molecule has 0 unspecified atom stereocenters. The largest absolute Gasteiger partial charge is 0.457 e. The smallest absolute Gasteiger partial charge is 0.271 e. The number of hydrazone groups is 1. The minimum absolute atomic E-state index is 0.251. The van der Waals surface area contributed by atoms with Crippen molar-refractivity contribution in [3.8, 4) is 11.5 Å². The highest BCUT2D eigenvalue weighted by Gasteiger charge is 2.05. The molecule has 28 heavy (non-hydrogen) atoms. The van der Waals surface area contributed by atoms with E-state index in [-0.39, 0.29) is 5.91 Å². The molecule has 1 N–H and O–H groups in total. The number of nitrogens with zero attached hydrogens (tertiary/aromatic N) is 1. The molecule has 1 amide bonds. The lowest BCUT2D eigenvalue weighted by molar-refractivity contribution is 0.0955. The van der Waals surface area contributed by atoms with Crippen molar-refractivity contribution in [3.63, 3.8) is 0 Å². The van der Waals surface area contributed by atoms with Crippen LogP contribution in [0, 0.1) is 0 Å². The molecule has 0 aliphatic rings. The third-order valence-corrected chi connectivity index (χ3v) is 4.23. The average Bonchev–Trinajstić information content (AvgIpc) is 2.74. The van der Waals surface area contributed by atoms with E-state index < -0.39 is 0 Å². The van der Waals surface area contributed by atoms with Crippen LogP contribution in [-0.2, 0) is 0 Å². The molecule has 4 heteroatoms. The number of nitrogens with one attached hydrogen (secondary N) is 1. The maximum atomic E-state index is 12.3. The van der Waals surface area contributed by atoms with Crippen molar-refractivity contribution < 1.29 is 9.53 Å². The van der Waals surface area contributed by atoms with E-state index in [0.29, 0.717) is 11.3 Å². The van der Waals surface area contributed by atoms with Gasteiger partial charge in [-0.25, -0.2) is 5.43 Å². The topological polar surface area (TPSA) is 50.7 Å². The van der Waals surface area contributed by atoms with Gasteiger partial charge >= 0.3 is 0 Å². The van der Waals surface area contributed by atoms with E-state index in [1.54, 1.807) is 12.3 Å². The van der Waals surface area contributed by atoms with Crippen LogP contribution in [0.1, 0.15) is 15.9 Å². The second-order valence-electron chi connectivity index (χ2n) is 6.25. The molecular formula is C24H18N2O2. The van der Waals surface area contributed by atoms with Gasteiger partial charge in [0.1, 0.15) is 11.5 Å². The third kappa shape index (κ3) is 4.24. The van der Waals surface area contributed by atoms with Crippen LogP contribution in [0.2, 0.25) is 0 Å². The summed E-state index contributed by atoms with van der Waals surface area (Å²) in [4.78, 5) is 12.3. The first kappa shape index (κ1) is 17.5. The van der Waals surface area contributed by atoms with Crippen LogP contribution in [0.4, 0.5) is 0 Å². The molecule has 4 aromatic carbocycles. The predicted molar refractivity (Wildman–Crippen MR) is 112 cm³/mol. The maximum Gasteiger partial charge on any atom is 0.271 e. The van der Waals surface area contributed by atoms with Crippen molar-refractivity contribution in [2.45, 2.75) is 0 Å². The Labute approximate surface area is 163 Å². The Bertz CT molecular complexity index is 1140. The van der Waals surface area contributed by atoms with Gasteiger partial charge in [0.2, 0.25) is 0 Å². The first-order valence-electron chi connectivity index (χ1n) is 8.93. The van der Waals surface area contributed by atoms with Gasteiger partial charge in [0, 0.05) is 5.56 Å². The second kappa shape index (κ2) is 8.18. The molecule has 0 bridgehead atoms. The molecule has 0 aromatic heterocycles. The molecule has 136 valence electrons. The number of carbonyl (C=O) groups excluding carboxylic acids is 1. The first-order valence-corrected chi connectivity index (χ1v) is 8.93. The van der Waals surface area contributed by atoms with Crippen LogP contribution in [0.15, 0.2) is 102 Å². The SMILES string of the molecule is O=C(N/N=C\c1cccc(Oc2ccccc2)c1)c1ccc2ccccc2c1. The van der Waals surface area contributed by atoms with Crippen LogP contribution < -0.4 is 10.2 Å². The third-order valence-electron chi connectivity index (χ3n) is 4.23. The van der Waals surface area contributed by atoms with Crippen LogP contribution >= 0.6 is 0 Å². The van der Waals surface area contributed by atoms with Crippen molar-refractivity contribution in [1.82, 2.24) is 5.43 Å². The second-order valence-corrected chi connectivity index (χ2v) is 6.25. The Hall–Kier alpha value is -3.92. The number of para-hydroxylation sites is 1. The quantitative estimate of drug-likeness (QED) is 0.380. The van der Waals surface area contributed by atoms with Crippen molar-refractivity contribution in [3.05, 3.63) is 108 Å². The summed E-state index contributed by atoms with van der Waals surface area (Å²) >= 11 is 0. The molecule has 0 saturated carbocycles. The highest BCUT2D eigenvalue weighted by molar-refractivity contribution is 5.99.